The van der Waals surface area contributed by atoms with E-state index in [0.717, 1.165) is 0 Å². The Bertz CT molecular complexity index is 815. The van der Waals surface area contributed by atoms with Crippen molar-refractivity contribution >= 4 is 21.7 Å². The van der Waals surface area contributed by atoms with Gasteiger partial charge in [0.1, 0.15) is 12.4 Å². The molecule has 0 fully saturated rings. The van der Waals surface area contributed by atoms with Crippen LogP contribution in [0.25, 0.3) is 11.1 Å². The molecule has 0 saturated carbocycles. The van der Waals surface area contributed by atoms with E-state index in [9.17, 15) is 9.18 Å². The topological polar surface area (TPSA) is 34.9 Å². The first-order chi connectivity index (χ1) is 10.6. The first-order valence-electron chi connectivity index (χ1n) is 6.70. The lowest BCUT2D eigenvalue weighted by Crippen LogP contribution is -2.10. The third-order valence-electron chi connectivity index (χ3n) is 3.30. The molecule has 2 aromatic carbocycles. The molecule has 0 aliphatic rings. The second-order valence-corrected chi connectivity index (χ2v) is 5.67. The number of Topliss-reactive ketones (excluding diaryl/α,β-unsaturated/α-hetero) is 1. The van der Waals surface area contributed by atoms with Crippen molar-refractivity contribution in [1.29, 1.82) is 0 Å². The van der Waals surface area contributed by atoms with Crippen molar-refractivity contribution in [3.05, 3.63) is 76.8 Å². The SMILES string of the molecule is O=C(Cn1cc(-c2cccc(Br)c2F)cn1)c1ccccc1. The number of benzene rings is 2. The first-order valence-corrected chi connectivity index (χ1v) is 7.49. The molecule has 0 saturated heterocycles. The van der Waals surface area contributed by atoms with Gasteiger partial charge in [-0.2, -0.15) is 5.10 Å². The van der Waals surface area contributed by atoms with Gasteiger partial charge >= 0.3 is 0 Å². The van der Waals surface area contributed by atoms with Crippen LogP contribution in [0, 0.1) is 5.82 Å². The van der Waals surface area contributed by atoms with Crippen LogP contribution in [0.3, 0.4) is 0 Å². The number of ketones is 1. The predicted molar refractivity (Wildman–Crippen MR) is 86.1 cm³/mol. The van der Waals surface area contributed by atoms with Crippen LogP contribution in [0.4, 0.5) is 4.39 Å². The van der Waals surface area contributed by atoms with Crippen LogP contribution >= 0.6 is 15.9 Å². The average Bonchev–Trinajstić information content (AvgIpc) is 2.99. The molecule has 0 N–H and O–H groups in total. The molecular formula is C17H12BrFN2O. The summed E-state index contributed by atoms with van der Waals surface area (Å²) in [5, 5.41) is 4.14. The monoisotopic (exact) mass is 358 g/mol. The van der Waals surface area contributed by atoms with E-state index in [-0.39, 0.29) is 18.1 Å². The van der Waals surface area contributed by atoms with E-state index < -0.39 is 0 Å². The van der Waals surface area contributed by atoms with Crippen LogP contribution < -0.4 is 0 Å². The fourth-order valence-corrected chi connectivity index (χ4v) is 2.54. The molecule has 110 valence electrons. The van der Waals surface area contributed by atoms with E-state index in [1.165, 1.54) is 4.68 Å². The molecule has 0 aliphatic carbocycles. The zero-order valence-electron chi connectivity index (χ0n) is 11.5. The quantitative estimate of drug-likeness (QED) is 0.650. The summed E-state index contributed by atoms with van der Waals surface area (Å²) in [6.07, 6.45) is 3.23. The number of hydrogen-bond donors (Lipinski definition) is 0. The number of halogens is 2. The number of hydrogen-bond acceptors (Lipinski definition) is 2. The molecular weight excluding hydrogens is 347 g/mol. The minimum absolute atomic E-state index is 0.0371. The Labute approximate surface area is 135 Å². The van der Waals surface area contributed by atoms with Gasteiger partial charge in [-0.25, -0.2) is 4.39 Å². The highest BCUT2D eigenvalue weighted by Gasteiger charge is 2.12. The van der Waals surface area contributed by atoms with E-state index in [4.69, 9.17) is 0 Å². The van der Waals surface area contributed by atoms with Gasteiger partial charge in [0.15, 0.2) is 5.78 Å². The van der Waals surface area contributed by atoms with Crippen LogP contribution in [0.15, 0.2) is 65.4 Å². The molecule has 1 aromatic heterocycles. The summed E-state index contributed by atoms with van der Waals surface area (Å²) in [5.41, 5.74) is 1.72. The smallest absolute Gasteiger partial charge is 0.184 e. The van der Waals surface area contributed by atoms with Crippen molar-refractivity contribution < 1.29 is 9.18 Å². The lowest BCUT2D eigenvalue weighted by Gasteiger charge is -2.02. The van der Waals surface area contributed by atoms with Gasteiger partial charge in [0.05, 0.1) is 10.7 Å². The van der Waals surface area contributed by atoms with Gasteiger partial charge in [-0.05, 0) is 22.0 Å². The van der Waals surface area contributed by atoms with Crippen molar-refractivity contribution in [2.45, 2.75) is 6.54 Å². The number of carbonyl (C=O) groups is 1. The standard InChI is InChI=1S/C17H12BrFN2O/c18-15-8-4-7-14(17(15)19)13-9-20-21(10-13)11-16(22)12-5-2-1-3-6-12/h1-10H,11H2. The van der Waals surface area contributed by atoms with E-state index >= 15 is 0 Å². The van der Waals surface area contributed by atoms with Gasteiger partial charge in [0.25, 0.3) is 0 Å². The van der Waals surface area contributed by atoms with Crippen molar-refractivity contribution in [1.82, 2.24) is 9.78 Å². The van der Waals surface area contributed by atoms with E-state index in [2.05, 4.69) is 21.0 Å². The minimum Gasteiger partial charge on any atom is -0.292 e. The van der Waals surface area contributed by atoms with E-state index in [0.29, 0.717) is 21.2 Å². The van der Waals surface area contributed by atoms with Gasteiger partial charge in [0, 0.05) is 22.9 Å². The summed E-state index contributed by atoms with van der Waals surface area (Å²) < 4.78 is 16.0. The fourth-order valence-electron chi connectivity index (χ4n) is 2.18. The molecule has 0 amide bonds. The molecule has 0 radical (unpaired) electrons. The van der Waals surface area contributed by atoms with Crippen molar-refractivity contribution in [2.75, 3.05) is 0 Å². The van der Waals surface area contributed by atoms with Crippen LogP contribution in [-0.2, 0) is 6.54 Å². The molecule has 0 bridgehead atoms. The van der Waals surface area contributed by atoms with Crippen LogP contribution in [0.5, 0.6) is 0 Å². The van der Waals surface area contributed by atoms with Gasteiger partial charge in [-0.1, -0.05) is 42.5 Å². The highest BCUT2D eigenvalue weighted by molar-refractivity contribution is 9.10. The third-order valence-corrected chi connectivity index (χ3v) is 3.91. The maximum absolute atomic E-state index is 14.1. The summed E-state index contributed by atoms with van der Waals surface area (Å²) >= 11 is 3.16. The summed E-state index contributed by atoms with van der Waals surface area (Å²) in [5.74, 6) is -0.374. The summed E-state index contributed by atoms with van der Waals surface area (Å²) in [6, 6.07) is 14.1. The zero-order chi connectivity index (χ0) is 15.5. The van der Waals surface area contributed by atoms with E-state index in [1.54, 1.807) is 42.7 Å². The fraction of sp³-hybridized carbons (Fsp3) is 0.0588. The number of nitrogens with zero attached hydrogens (tertiary/aromatic N) is 2. The van der Waals surface area contributed by atoms with E-state index in [1.807, 2.05) is 18.2 Å². The Hall–Kier alpha value is -2.27. The Morgan fingerprint density at radius 2 is 1.91 bits per heavy atom. The summed E-state index contributed by atoms with van der Waals surface area (Å²) in [4.78, 5) is 12.1. The molecule has 1 heterocycles. The van der Waals surface area contributed by atoms with Gasteiger partial charge in [-0.3, -0.25) is 9.48 Å². The Morgan fingerprint density at radius 3 is 2.68 bits per heavy atom. The first kappa shape index (κ1) is 14.7. The zero-order valence-corrected chi connectivity index (χ0v) is 13.1. The molecule has 3 aromatic rings. The normalized spacial score (nSPS) is 10.6. The molecule has 22 heavy (non-hydrogen) atoms. The Balaban J connectivity index is 1.83. The lowest BCUT2D eigenvalue weighted by atomic mass is 10.1. The molecule has 0 aliphatic heterocycles. The molecule has 0 unspecified atom stereocenters. The molecule has 3 nitrogen and oxygen atoms in total. The highest BCUT2D eigenvalue weighted by atomic mass is 79.9. The average molecular weight is 359 g/mol. The van der Waals surface area contributed by atoms with Gasteiger partial charge in [0.2, 0.25) is 0 Å². The molecule has 3 rings (SSSR count). The third kappa shape index (κ3) is 2.99. The molecule has 0 spiro atoms. The molecule has 0 atom stereocenters. The van der Waals surface area contributed by atoms with Crippen molar-refractivity contribution in [3.63, 3.8) is 0 Å². The predicted octanol–water partition coefficient (Wildman–Crippen LogP) is 4.33. The maximum atomic E-state index is 14.1. The largest absolute Gasteiger partial charge is 0.292 e. The van der Waals surface area contributed by atoms with Gasteiger partial charge in [-0.15, -0.1) is 0 Å². The second kappa shape index (κ2) is 6.23. The number of carbonyl (C=O) groups excluding carboxylic acids is 1. The van der Waals surface area contributed by atoms with Crippen molar-refractivity contribution in [3.8, 4) is 11.1 Å². The highest BCUT2D eigenvalue weighted by Crippen LogP contribution is 2.27. The Morgan fingerprint density at radius 1 is 1.14 bits per heavy atom. The lowest BCUT2D eigenvalue weighted by molar-refractivity contribution is 0.0968. The summed E-state index contributed by atoms with van der Waals surface area (Å²) in [7, 11) is 0. The van der Waals surface area contributed by atoms with Gasteiger partial charge < -0.3 is 0 Å². The number of rotatable bonds is 4. The maximum Gasteiger partial charge on any atom is 0.184 e. The Kier molecular flexibility index (Phi) is 4.15. The van der Waals surface area contributed by atoms with Crippen LogP contribution in [0.2, 0.25) is 0 Å². The number of aromatic nitrogens is 2. The summed E-state index contributed by atoms with van der Waals surface area (Å²) in [6.45, 7) is 0.125. The minimum atomic E-state index is -0.337. The second-order valence-electron chi connectivity index (χ2n) is 4.82. The molecule has 5 heteroatoms. The van der Waals surface area contributed by atoms with Crippen LogP contribution in [0.1, 0.15) is 10.4 Å². The van der Waals surface area contributed by atoms with Crippen LogP contribution in [-0.4, -0.2) is 15.6 Å². The van der Waals surface area contributed by atoms with Crippen molar-refractivity contribution in [2.24, 2.45) is 0 Å².